The lowest BCUT2D eigenvalue weighted by Crippen LogP contribution is -1.97. The Kier molecular flexibility index (Phi) is 15.1. The molecule has 1 unspecified atom stereocenters. The highest BCUT2D eigenvalue weighted by Crippen LogP contribution is 2.10. The van der Waals surface area contributed by atoms with Crippen LogP contribution in [0.1, 0.15) is 71.1 Å². The number of carboxylic acids is 1. The van der Waals surface area contributed by atoms with Crippen molar-refractivity contribution >= 4 is 11.8 Å². The quantitative estimate of drug-likeness (QED) is 0.260. The predicted octanol–water partition coefficient (Wildman–Crippen LogP) is 4.59. The molecule has 4 heteroatoms. The Hall–Kier alpha value is -1.68. The summed E-state index contributed by atoms with van der Waals surface area (Å²) in [4.78, 5) is 22.0. The van der Waals surface area contributed by atoms with E-state index in [-0.39, 0.29) is 12.2 Å². The molecule has 0 radical (unpaired) electrons. The molecule has 136 valence electrons. The van der Waals surface area contributed by atoms with E-state index in [1.165, 1.54) is 0 Å². The molecule has 0 aliphatic rings. The third kappa shape index (κ3) is 16.7. The zero-order valence-corrected chi connectivity index (χ0v) is 14.8. The Balaban J connectivity index is 3.52. The van der Waals surface area contributed by atoms with E-state index in [0.717, 1.165) is 44.9 Å². The van der Waals surface area contributed by atoms with Crippen LogP contribution in [0.15, 0.2) is 36.5 Å². The van der Waals surface area contributed by atoms with E-state index >= 15 is 0 Å². The second-order valence-electron chi connectivity index (χ2n) is 5.94. The van der Waals surface area contributed by atoms with Crippen molar-refractivity contribution in [2.75, 3.05) is 0 Å². The number of carboxylic acid groups (broad SMARTS) is 1. The van der Waals surface area contributed by atoms with Crippen LogP contribution in [0, 0.1) is 0 Å². The third-order valence-electron chi connectivity index (χ3n) is 3.68. The molecule has 0 bridgehead atoms. The number of carbonyl (C=O) groups excluding carboxylic acids is 1. The highest BCUT2D eigenvalue weighted by atomic mass is 16.4. The molecule has 24 heavy (non-hydrogen) atoms. The van der Waals surface area contributed by atoms with Gasteiger partial charge in [-0.3, -0.25) is 9.59 Å². The monoisotopic (exact) mass is 336 g/mol. The highest BCUT2D eigenvalue weighted by Gasteiger charge is 1.98. The van der Waals surface area contributed by atoms with Crippen LogP contribution < -0.4 is 0 Å². The number of hydrogen-bond donors (Lipinski definition) is 2. The number of rotatable bonds is 15. The molecular formula is C20H32O4. The molecule has 2 N–H and O–H groups in total. The second-order valence-corrected chi connectivity index (χ2v) is 5.94. The predicted molar refractivity (Wildman–Crippen MR) is 97.9 cm³/mol. The van der Waals surface area contributed by atoms with E-state index in [4.69, 9.17) is 5.11 Å². The minimum absolute atomic E-state index is 0.138. The number of carbonyl (C=O) groups is 2. The molecule has 4 nitrogen and oxygen atoms in total. The van der Waals surface area contributed by atoms with Gasteiger partial charge in [-0.25, -0.2) is 0 Å². The summed E-state index contributed by atoms with van der Waals surface area (Å²) in [6, 6.07) is 0. The van der Waals surface area contributed by atoms with Crippen molar-refractivity contribution in [3.63, 3.8) is 0 Å². The molecule has 1 atom stereocenters. The van der Waals surface area contributed by atoms with Crippen LogP contribution in [-0.2, 0) is 9.59 Å². The summed E-state index contributed by atoms with van der Waals surface area (Å²) in [5.74, 6) is -0.579. The molecule has 0 aromatic heterocycles. The van der Waals surface area contributed by atoms with Crippen molar-refractivity contribution < 1.29 is 19.8 Å². The highest BCUT2D eigenvalue weighted by molar-refractivity contribution is 5.89. The number of aliphatic carboxylic acids is 1. The van der Waals surface area contributed by atoms with Crippen molar-refractivity contribution in [2.24, 2.45) is 0 Å². The van der Waals surface area contributed by atoms with Crippen LogP contribution in [0.2, 0.25) is 0 Å². The number of aliphatic hydroxyl groups excluding tert-OH is 1. The smallest absolute Gasteiger partial charge is 0.303 e. The molecular weight excluding hydrogens is 304 g/mol. The third-order valence-corrected chi connectivity index (χ3v) is 3.68. The Labute approximate surface area is 146 Å². The minimum Gasteiger partial charge on any atom is -0.481 e. The van der Waals surface area contributed by atoms with E-state index in [2.05, 4.69) is 0 Å². The van der Waals surface area contributed by atoms with Crippen molar-refractivity contribution in [3.8, 4) is 0 Å². The van der Waals surface area contributed by atoms with E-state index in [9.17, 15) is 14.7 Å². The normalized spacial score (nSPS) is 13.2. The summed E-state index contributed by atoms with van der Waals surface area (Å²) in [5.41, 5.74) is 0. The fraction of sp³-hybridized carbons (Fsp3) is 0.600. The molecule has 0 saturated heterocycles. The Morgan fingerprint density at radius 1 is 0.833 bits per heavy atom. The first-order valence-electron chi connectivity index (χ1n) is 9.00. The lowest BCUT2D eigenvalue weighted by atomic mass is 10.1. The SMILES string of the molecule is CCC(O)C=CC=CC=CC(=O)CCCCCCCCCC(=O)O. The molecule has 0 saturated carbocycles. The fourth-order valence-electron chi connectivity index (χ4n) is 2.16. The van der Waals surface area contributed by atoms with Gasteiger partial charge >= 0.3 is 5.97 Å². The molecule has 0 heterocycles. The molecule has 0 aliphatic carbocycles. The zero-order chi connectivity index (χ0) is 18.0. The van der Waals surface area contributed by atoms with Crippen LogP contribution in [0.5, 0.6) is 0 Å². The lowest BCUT2D eigenvalue weighted by Gasteiger charge is -2.00. The van der Waals surface area contributed by atoms with E-state index in [0.29, 0.717) is 12.8 Å². The van der Waals surface area contributed by atoms with Crippen molar-refractivity contribution in [1.82, 2.24) is 0 Å². The van der Waals surface area contributed by atoms with Crippen LogP contribution in [0.3, 0.4) is 0 Å². The summed E-state index contributed by atoms with van der Waals surface area (Å²) in [6.07, 6.45) is 18.5. The summed E-state index contributed by atoms with van der Waals surface area (Å²) in [5, 5.41) is 17.8. The molecule has 0 aromatic rings. The molecule has 0 amide bonds. The maximum Gasteiger partial charge on any atom is 0.303 e. The van der Waals surface area contributed by atoms with Gasteiger partial charge < -0.3 is 10.2 Å². The number of allylic oxidation sites excluding steroid dienone is 5. The van der Waals surface area contributed by atoms with Gasteiger partial charge in [0, 0.05) is 12.8 Å². The topological polar surface area (TPSA) is 74.6 Å². The maximum absolute atomic E-state index is 11.6. The summed E-state index contributed by atoms with van der Waals surface area (Å²) in [7, 11) is 0. The first-order valence-corrected chi connectivity index (χ1v) is 9.00. The standard InChI is InChI=1S/C20H32O4/c1-2-18(21)14-10-8-9-12-16-19(22)15-11-6-4-3-5-7-13-17-20(23)24/h8-10,12,14,16,18,21H,2-7,11,13,15,17H2,1H3,(H,23,24). The molecule has 0 rings (SSSR count). The Morgan fingerprint density at radius 2 is 1.38 bits per heavy atom. The molecule has 0 spiro atoms. The number of ketones is 1. The van der Waals surface area contributed by atoms with Gasteiger partial charge in [0.15, 0.2) is 5.78 Å². The van der Waals surface area contributed by atoms with Gasteiger partial charge in [-0.2, -0.15) is 0 Å². The van der Waals surface area contributed by atoms with Gasteiger partial charge in [0.1, 0.15) is 0 Å². The first-order chi connectivity index (χ1) is 11.6. The van der Waals surface area contributed by atoms with Gasteiger partial charge in [-0.15, -0.1) is 0 Å². The van der Waals surface area contributed by atoms with Crippen molar-refractivity contribution in [3.05, 3.63) is 36.5 Å². The number of hydrogen-bond acceptors (Lipinski definition) is 3. The van der Waals surface area contributed by atoms with E-state index in [1.54, 1.807) is 36.5 Å². The summed E-state index contributed by atoms with van der Waals surface area (Å²) >= 11 is 0. The largest absolute Gasteiger partial charge is 0.481 e. The van der Waals surface area contributed by atoms with Gasteiger partial charge in [0.2, 0.25) is 0 Å². The van der Waals surface area contributed by atoms with E-state index < -0.39 is 12.1 Å². The second kappa shape index (κ2) is 16.2. The zero-order valence-electron chi connectivity index (χ0n) is 14.8. The summed E-state index contributed by atoms with van der Waals surface area (Å²) < 4.78 is 0. The first kappa shape index (κ1) is 22.3. The number of unbranched alkanes of at least 4 members (excludes halogenated alkanes) is 6. The average Bonchev–Trinajstić information content (AvgIpc) is 2.55. The van der Waals surface area contributed by atoms with Crippen LogP contribution in [-0.4, -0.2) is 28.1 Å². The van der Waals surface area contributed by atoms with Gasteiger partial charge in [-0.05, 0) is 25.3 Å². The Bertz CT molecular complexity index is 421. The lowest BCUT2D eigenvalue weighted by molar-refractivity contribution is -0.137. The molecule has 0 aliphatic heterocycles. The van der Waals surface area contributed by atoms with Crippen molar-refractivity contribution in [1.29, 1.82) is 0 Å². The van der Waals surface area contributed by atoms with Crippen LogP contribution >= 0.6 is 0 Å². The molecule has 0 aromatic carbocycles. The van der Waals surface area contributed by atoms with Gasteiger partial charge in [-0.1, -0.05) is 69.4 Å². The Morgan fingerprint density at radius 3 is 1.96 bits per heavy atom. The molecule has 0 fully saturated rings. The van der Waals surface area contributed by atoms with Crippen LogP contribution in [0.4, 0.5) is 0 Å². The average molecular weight is 336 g/mol. The fourth-order valence-corrected chi connectivity index (χ4v) is 2.16. The van der Waals surface area contributed by atoms with Gasteiger partial charge in [0.05, 0.1) is 6.10 Å². The van der Waals surface area contributed by atoms with Crippen LogP contribution in [0.25, 0.3) is 0 Å². The maximum atomic E-state index is 11.6. The van der Waals surface area contributed by atoms with Gasteiger partial charge in [0.25, 0.3) is 0 Å². The summed E-state index contributed by atoms with van der Waals surface area (Å²) in [6.45, 7) is 1.91. The van der Waals surface area contributed by atoms with Crippen molar-refractivity contribution in [2.45, 2.75) is 77.2 Å². The van der Waals surface area contributed by atoms with E-state index in [1.807, 2.05) is 6.92 Å². The number of aliphatic hydroxyl groups is 1. The minimum atomic E-state index is -0.717.